The van der Waals surface area contributed by atoms with Crippen LogP contribution in [-0.2, 0) is 0 Å². The molecule has 2 heterocycles. The summed E-state index contributed by atoms with van der Waals surface area (Å²) in [5.41, 5.74) is 1.77. The number of fused-ring (bicyclic) bond motifs is 1. The second-order valence-electron chi connectivity index (χ2n) is 6.66. The fourth-order valence-corrected chi connectivity index (χ4v) is 3.17. The van der Waals surface area contributed by atoms with Crippen LogP contribution < -0.4 is 16.3 Å². The lowest BCUT2D eigenvalue weighted by molar-refractivity contribution is 0.0963. The van der Waals surface area contributed by atoms with Crippen LogP contribution in [0.25, 0.3) is 16.9 Å². The number of hydrogen-bond donors (Lipinski definition) is 3. The second kappa shape index (κ2) is 7.43. The number of H-pyrrole nitrogens is 1. The number of para-hydroxylation sites is 1. The van der Waals surface area contributed by atoms with Crippen molar-refractivity contribution in [3.63, 3.8) is 0 Å². The molecule has 4 aromatic rings. The van der Waals surface area contributed by atoms with Crippen molar-refractivity contribution in [1.29, 1.82) is 0 Å². The number of pyridine rings is 1. The Labute approximate surface area is 169 Å². The van der Waals surface area contributed by atoms with Gasteiger partial charge in [-0.25, -0.2) is 23.1 Å². The van der Waals surface area contributed by atoms with E-state index in [1.54, 1.807) is 31.3 Å². The minimum Gasteiger partial charge on any atom is -0.355 e. The van der Waals surface area contributed by atoms with E-state index in [2.05, 4.69) is 20.6 Å². The third kappa shape index (κ3) is 3.30. The van der Waals surface area contributed by atoms with E-state index < -0.39 is 23.0 Å². The number of hydrogen-bond acceptors (Lipinski definition) is 4. The molecule has 2 aromatic carbocycles. The van der Waals surface area contributed by atoms with E-state index in [0.717, 1.165) is 22.3 Å². The summed E-state index contributed by atoms with van der Waals surface area (Å²) in [7, 11) is 1.55. The summed E-state index contributed by atoms with van der Waals surface area (Å²) < 4.78 is 29.2. The zero-order valence-corrected chi connectivity index (χ0v) is 16.1. The Morgan fingerprint density at radius 1 is 1.13 bits per heavy atom. The molecule has 0 bridgehead atoms. The maximum atomic E-state index is 14.2. The molecule has 0 radical (unpaired) electrons. The van der Waals surface area contributed by atoms with Gasteiger partial charge >= 0.3 is 5.69 Å². The highest BCUT2D eigenvalue weighted by Gasteiger charge is 2.18. The number of carbonyl (C=O) groups is 1. The Morgan fingerprint density at radius 2 is 1.87 bits per heavy atom. The van der Waals surface area contributed by atoms with Crippen molar-refractivity contribution < 1.29 is 13.6 Å². The summed E-state index contributed by atoms with van der Waals surface area (Å²) >= 11 is 0. The molecule has 0 aliphatic carbocycles. The number of imidazole rings is 1. The van der Waals surface area contributed by atoms with Crippen LogP contribution in [-0.4, -0.2) is 27.5 Å². The Morgan fingerprint density at radius 3 is 2.57 bits per heavy atom. The molecular weight excluding hydrogens is 392 g/mol. The number of aromatic amines is 1. The van der Waals surface area contributed by atoms with E-state index in [1.807, 2.05) is 6.92 Å². The van der Waals surface area contributed by atoms with Gasteiger partial charge in [-0.05, 0) is 42.8 Å². The van der Waals surface area contributed by atoms with Crippen LogP contribution in [0.2, 0.25) is 0 Å². The first-order valence-corrected chi connectivity index (χ1v) is 9.04. The van der Waals surface area contributed by atoms with Gasteiger partial charge in [0.1, 0.15) is 17.3 Å². The van der Waals surface area contributed by atoms with E-state index in [4.69, 9.17) is 0 Å². The van der Waals surface area contributed by atoms with Crippen LogP contribution in [0.5, 0.6) is 0 Å². The van der Waals surface area contributed by atoms with Gasteiger partial charge in [0.05, 0.1) is 17.4 Å². The van der Waals surface area contributed by atoms with Gasteiger partial charge in [0, 0.05) is 18.3 Å². The molecule has 9 heteroatoms. The second-order valence-corrected chi connectivity index (χ2v) is 6.66. The zero-order chi connectivity index (χ0) is 21.4. The first kappa shape index (κ1) is 19.3. The summed E-state index contributed by atoms with van der Waals surface area (Å²) in [5, 5.41) is 5.72. The highest BCUT2D eigenvalue weighted by Crippen LogP contribution is 2.25. The molecule has 0 aliphatic heterocycles. The lowest BCUT2D eigenvalue weighted by Crippen LogP contribution is -2.17. The zero-order valence-electron chi connectivity index (χ0n) is 16.1. The molecular formula is C21H17F2N5O2. The Bertz CT molecular complexity index is 1320. The number of benzene rings is 2. The predicted octanol–water partition coefficient (Wildman–Crippen LogP) is 3.40. The number of aryl methyl sites for hydroxylation is 1. The van der Waals surface area contributed by atoms with E-state index in [0.29, 0.717) is 22.5 Å². The number of rotatable bonds is 4. The van der Waals surface area contributed by atoms with Crippen LogP contribution in [0.3, 0.4) is 0 Å². The number of carbonyl (C=O) groups excluding carboxylic acids is 1. The Hall–Kier alpha value is -4.01. The molecule has 30 heavy (non-hydrogen) atoms. The average molecular weight is 409 g/mol. The molecule has 1 amide bonds. The normalized spacial score (nSPS) is 10.9. The summed E-state index contributed by atoms with van der Waals surface area (Å²) in [4.78, 5) is 31.1. The third-order valence-corrected chi connectivity index (χ3v) is 4.69. The van der Waals surface area contributed by atoms with Crippen molar-refractivity contribution in [2.24, 2.45) is 0 Å². The number of amides is 1. The van der Waals surface area contributed by atoms with Gasteiger partial charge in [0.25, 0.3) is 5.91 Å². The van der Waals surface area contributed by atoms with Crippen molar-refractivity contribution in [2.75, 3.05) is 12.4 Å². The molecule has 4 rings (SSSR count). The van der Waals surface area contributed by atoms with Crippen LogP contribution in [0.1, 0.15) is 15.9 Å². The average Bonchev–Trinajstić information content (AvgIpc) is 3.04. The number of nitrogens with zero attached hydrogens (tertiary/aromatic N) is 2. The Kier molecular flexibility index (Phi) is 4.78. The fourth-order valence-electron chi connectivity index (χ4n) is 3.17. The van der Waals surface area contributed by atoms with Gasteiger partial charge in [0.15, 0.2) is 5.65 Å². The molecule has 0 saturated heterocycles. The number of anilines is 2. The fraction of sp³-hybridized carbons (Fsp3) is 0.0952. The molecule has 2 aromatic heterocycles. The maximum Gasteiger partial charge on any atom is 0.332 e. The number of aromatic nitrogens is 3. The molecule has 0 fully saturated rings. The standard InChI is InChI=1S/C21H17F2N5O2/c1-11-6-7-12(20(29)24-2)8-16(11)26-13-9-17-19(25-10-13)28(21(30)27-17)18-14(22)4-3-5-15(18)23/h3-10,26H,1-2H3,(H,24,29)(H,27,30). The van der Waals surface area contributed by atoms with Crippen molar-refractivity contribution in [3.05, 3.63) is 81.9 Å². The van der Waals surface area contributed by atoms with Crippen molar-refractivity contribution >= 4 is 28.4 Å². The van der Waals surface area contributed by atoms with E-state index in [9.17, 15) is 18.4 Å². The summed E-state index contributed by atoms with van der Waals surface area (Å²) in [6.07, 6.45) is 1.44. The quantitative estimate of drug-likeness (QED) is 0.482. The third-order valence-electron chi connectivity index (χ3n) is 4.69. The van der Waals surface area contributed by atoms with E-state index in [-0.39, 0.29) is 11.6 Å². The first-order valence-electron chi connectivity index (χ1n) is 9.04. The van der Waals surface area contributed by atoms with Gasteiger partial charge < -0.3 is 15.6 Å². The molecule has 3 N–H and O–H groups in total. The molecule has 0 atom stereocenters. The van der Waals surface area contributed by atoms with Gasteiger partial charge in [0.2, 0.25) is 0 Å². The highest BCUT2D eigenvalue weighted by molar-refractivity contribution is 5.95. The first-order chi connectivity index (χ1) is 14.4. The lowest BCUT2D eigenvalue weighted by Gasteiger charge is -2.11. The molecule has 0 spiro atoms. The van der Waals surface area contributed by atoms with Crippen LogP contribution in [0, 0.1) is 18.6 Å². The lowest BCUT2D eigenvalue weighted by atomic mass is 10.1. The summed E-state index contributed by atoms with van der Waals surface area (Å²) in [5.74, 6) is -1.97. The molecule has 152 valence electrons. The minimum absolute atomic E-state index is 0.0883. The SMILES string of the molecule is CNC(=O)c1ccc(C)c(Nc2cnc3c(c2)[nH]c(=O)n3-c2c(F)cccc2F)c1. The molecule has 0 saturated carbocycles. The van der Waals surface area contributed by atoms with Crippen molar-refractivity contribution in [1.82, 2.24) is 19.9 Å². The number of nitrogens with one attached hydrogen (secondary N) is 3. The highest BCUT2D eigenvalue weighted by atomic mass is 19.1. The monoisotopic (exact) mass is 409 g/mol. The predicted molar refractivity (Wildman–Crippen MR) is 109 cm³/mol. The van der Waals surface area contributed by atoms with E-state index >= 15 is 0 Å². The van der Waals surface area contributed by atoms with Gasteiger partial charge in [-0.3, -0.25) is 4.79 Å². The smallest absolute Gasteiger partial charge is 0.332 e. The van der Waals surface area contributed by atoms with Crippen LogP contribution in [0.15, 0.2) is 53.5 Å². The summed E-state index contributed by atoms with van der Waals surface area (Å²) in [6.45, 7) is 1.88. The Balaban J connectivity index is 1.76. The van der Waals surface area contributed by atoms with Gasteiger partial charge in [-0.1, -0.05) is 12.1 Å². The topological polar surface area (TPSA) is 91.8 Å². The van der Waals surface area contributed by atoms with Crippen molar-refractivity contribution in [2.45, 2.75) is 6.92 Å². The molecule has 0 unspecified atom stereocenters. The van der Waals surface area contributed by atoms with Crippen LogP contribution in [0.4, 0.5) is 20.2 Å². The van der Waals surface area contributed by atoms with Gasteiger partial charge in [-0.15, -0.1) is 0 Å². The van der Waals surface area contributed by atoms with Crippen LogP contribution >= 0.6 is 0 Å². The largest absolute Gasteiger partial charge is 0.355 e. The summed E-state index contributed by atoms with van der Waals surface area (Å²) in [6, 6.07) is 10.2. The maximum absolute atomic E-state index is 14.2. The molecule has 7 nitrogen and oxygen atoms in total. The number of halogens is 2. The minimum atomic E-state index is -0.872. The van der Waals surface area contributed by atoms with Gasteiger partial charge in [-0.2, -0.15) is 0 Å². The van der Waals surface area contributed by atoms with Crippen molar-refractivity contribution in [3.8, 4) is 5.69 Å². The van der Waals surface area contributed by atoms with E-state index in [1.165, 1.54) is 12.3 Å². The molecule has 0 aliphatic rings.